The highest BCUT2D eigenvalue weighted by molar-refractivity contribution is 5.95. The number of nitrogens with one attached hydrogen (secondary N) is 1. The molecular weight excluding hydrogens is 416 g/mol. The van der Waals surface area contributed by atoms with Gasteiger partial charge in [-0.3, -0.25) is 9.59 Å². The van der Waals surface area contributed by atoms with Gasteiger partial charge in [0.1, 0.15) is 11.5 Å². The lowest BCUT2D eigenvalue weighted by atomic mass is 9.96. The van der Waals surface area contributed by atoms with E-state index in [-0.39, 0.29) is 17.7 Å². The second kappa shape index (κ2) is 10.2. The Morgan fingerprint density at radius 2 is 1.61 bits per heavy atom. The summed E-state index contributed by atoms with van der Waals surface area (Å²) in [5.41, 5.74) is 3.82. The van der Waals surface area contributed by atoms with Crippen LogP contribution in [0.5, 0.6) is 11.5 Å². The lowest BCUT2D eigenvalue weighted by Gasteiger charge is -2.23. The number of carbonyl (C=O) groups excluding carboxylic acids is 2. The van der Waals surface area contributed by atoms with Gasteiger partial charge in [-0.25, -0.2) is 0 Å². The van der Waals surface area contributed by atoms with E-state index >= 15 is 0 Å². The lowest BCUT2D eigenvalue weighted by molar-refractivity contribution is -0.124. The Labute approximate surface area is 194 Å². The summed E-state index contributed by atoms with van der Waals surface area (Å²) in [6.45, 7) is 1.30. The van der Waals surface area contributed by atoms with Crippen LogP contribution in [0, 0.1) is 5.92 Å². The molecule has 0 radical (unpaired) electrons. The number of amides is 2. The summed E-state index contributed by atoms with van der Waals surface area (Å²) in [5.74, 6) is 1.04. The van der Waals surface area contributed by atoms with Crippen molar-refractivity contribution in [2.24, 2.45) is 5.92 Å². The fourth-order valence-electron chi connectivity index (χ4n) is 4.08. The van der Waals surface area contributed by atoms with Gasteiger partial charge in [-0.2, -0.15) is 0 Å². The number of rotatable bonds is 6. The van der Waals surface area contributed by atoms with Crippen LogP contribution in [-0.2, 0) is 11.2 Å². The van der Waals surface area contributed by atoms with E-state index in [1.165, 1.54) is 0 Å². The highest BCUT2D eigenvalue weighted by Gasteiger charge is 2.28. The first-order valence-corrected chi connectivity index (χ1v) is 11.0. The normalized spacial score (nSPS) is 16.0. The third-order valence-corrected chi connectivity index (χ3v) is 5.96. The van der Waals surface area contributed by atoms with Gasteiger partial charge >= 0.3 is 0 Å². The quantitative estimate of drug-likeness (QED) is 0.628. The van der Waals surface area contributed by atoms with Gasteiger partial charge in [-0.15, -0.1) is 0 Å². The Hall–Kier alpha value is -3.80. The minimum Gasteiger partial charge on any atom is -0.497 e. The molecule has 0 saturated carbocycles. The van der Waals surface area contributed by atoms with Crippen LogP contribution in [0.15, 0.2) is 72.8 Å². The molecule has 3 aromatic carbocycles. The van der Waals surface area contributed by atoms with Crippen LogP contribution in [0.25, 0.3) is 11.1 Å². The van der Waals surface area contributed by atoms with E-state index in [1.807, 2.05) is 42.5 Å². The summed E-state index contributed by atoms with van der Waals surface area (Å²) in [5, 5.41) is 2.95. The van der Waals surface area contributed by atoms with Crippen LogP contribution in [0.2, 0.25) is 0 Å². The highest BCUT2D eigenvalue weighted by atomic mass is 16.5. The number of ether oxygens (including phenoxy) is 2. The van der Waals surface area contributed by atoms with Crippen LogP contribution in [0.1, 0.15) is 15.9 Å². The fraction of sp³-hybridized carbons (Fsp3) is 0.259. The Kier molecular flexibility index (Phi) is 6.93. The number of hydrogen-bond acceptors (Lipinski definition) is 4. The predicted molar refractivity (Wildman–Crippen MR) is 128 cm³/mol. The van der Waals surface area contributed by atoms with Crippen molar-refractivity contribution in [3.63, 3.8) is 0 Å². The van der Waals surface area contributed by atoms with Gasteiger partial charge < -0.3 is 19.7 Å². The van der Waals surface area contributed by atoms with E-state index in [0.29, 0.717) is 37.4 Å². The van der Waals surface area contributed by atoms with Crippen LogP contribution in [0.4, 0.5) is 0 Å². The molecule has 0 unspecified atom stereocenters. The van der Waals surface area contributed by atoms with Gasteiger partial charge in [-0.05, 0) is 53.4 Å². The summed E-state index contributed by atoms with van der Waals surface area (Å²) in [6, 6.07) is 23.3. The molecule has 3 aromatic rings. The van der Waals surface area contributed by atoms with Crippen molar-refractivity contribution in [3.8, 4) is 22.6 Å². The maximum absolute atomic E-state index is 13.1. The molecule has 4 rings (SSSR count). The molecule has 1 atom stereocenters. The predicted octanol–water partition coefficient (Wildman–Crippen LogP) is 3.80. The van der Waals surface area contributed by atoms with Gasteiger partial charge in [0.25, 0.3) is 5.91 Å². The topological polar surface area (TPSA) is 67.9 Å². The monoisotopic (exact) mass is 444 g/mol. The van der Waals surface area contributed by atoms with Gasteiger partial charge in [-0.1, -0.05) is 42.5 Å². The number of methoxy groups -OCH3 is 2. The van der Waals surface area contributed by atoms with Crippen LogP contribution in [0.3, 0.4) is 0 Å². The Balaban J connectivity index is 1.46. The van der Waals surface area contributed by atoms with Crippen molar-refractivity contribution in [2.75, 3.05) is 33.9 Å². The van der Waals surface area contributed by atoms with Crippen LogP contribution in [-0.4, -0.2) is 50.6 Å². The molecule has 1 saturated heterocycles. The van der Waals surface area contributed by atoms with Crippen LogP contribution < -0.4 is 14.8 Å². The Bertz CT molecular complexity index is 1110. The van der Waals surface area contributed by atoms with Gasteiger partial charge in [0.2, 0.25) is 5.91 Å². The minimum absolute atomic E-state index is 0.0184. The molecule has 170 valence electrons. The van der Waals surface area contributed by atoms with Crippen molar-refractivity contribution >= 4 is 11.8 Å². The summed E-state index contributed by atoms with van der Waals surface area (Å²) >= 11 is 0. The third kappa shape index (κ3) is 5.34. The number of hydrogen-bond donors (Lipinski definition) is 1. The van der Waals surface area contributed by atoms with Gasteiger partial charge in [0.15, 0.2) is 0 Å². The smallest absolute Gasteiger partial charge is 0.254 e. The van der Waals surface area contributed by atoms with Crippen LogP contribution >= 0.6 is 0 Å². The molecule has 0 aromatic heterocycles. The summed E-state index contributed by atoms with van der Waals surface area (Å²) in [4.78, 5) is 27.5. The van der Waals surface area contributed by atoms with E-state index in [0.717, 1.165) is 22.4 Å². The summed E-state index contributed by atoms with van der Waals surface area (Å²) < 4.78 is 10.5. The Morgan fingerprint density at radius 1 is 0.939 bits per heavy atom. The molecule has 1 aliphatic heterocycles. The van der Waals surface area contributed by atoms with Crippen molar-refractivity contribution in [1.29, 1.82) is 0 Å². The number of carbonyl (C=O) groups is 2. The first-order chi connectivity index (χ1) is 16.1. The second-order valence-corrected chi connectivity index (χ2v) is 8.10. The fourth-order valence-corrected chi connectivity index (χ4v) is 4.08. The molecule has 0 aliphatic carbocycles. The third-order valence-electron chi connectivity index (χ3n) is 5.96. The number of nitrogens with zero attached hydrogens (tertiary/aromatic N) is 1. The van der Waals surface area contributed by atoms with Crippen molar-refractivity contribution in [1.82, 2.24) is 10.2 Å². The molecule has 1 N–H and O–H groups in total. The molecule has 6 nitrogen and oxygen atoms in total. The maximum atomic E-state index is 13.1. The van der Waals surface area contributed by atoms with E-state index in [9.17, 15) is 9.59 Å². The zero-order valence-electron chi connectivity index (χ0n) is 18.9. The molecule has 1 aliphatic rings. The first-order valence-electron chi connectivity index (χ1n) is 11.0. The second-order valence-electron chi connectivity index (χ2n) is 8.10. The molecule has 1 heterocycles. The average molecular weight is 445 g/mol. The average Bonchev–Trinajstić information content (AvgIpc) is 3.05. The standard InChI is InChI=1S/C27H28N2O4/c1-32-24-12-10-21(11-13-24)20-8-6-19(7-9-20)16-23-18-29(15-14-28-26(23)30)27(31)22-4-3-5-25(17-22)33-2/h3-13,17,23H,14-16,18H2,1-2H3,(H,28,30)/t23-/m1/s1. The highest BCUT2D eigenvalue weighted by Crippen LogP contribution is 2.24. The van der Waals surface area contributed by atoms with Crippen molar-refractivity contribution in [2.45, 2.75) is 6.42 Å². The Morgan fingerprint density at radius 3 is 2.27 bits per heavy atom. The minimum atomic E-state index is -0.311. The van der Waals surface area contributed by atoms with E-state index in [1.54, 1.807) is 37.3 Å². The number of benzene rings is 3. The molecule has 0 bridgehead atoms. The molecule has 6 heteroatoms. The van der Waals surface area contributed by atoms with E-state index in [4.69, 9.17) is 9.47 Å². The van der Waals surface area contributed by atoms with E-state index in [2.05, 4.69) is 17.4 Å². The molecule has 2 amide bonds. The van der Waals surface area contributed by atoms with Crippen molar-refractivity contribution in [3.05, 3.63) is 83.9 Å². The summed E-state index contributed by atoms with van der Waals surface area (Å²) in [7, 11) is 3.23. The molecule has 1 fully saturated rings. The summed E-state index contributed by atoms with van der Waals surface area (Å²) in [6.07, 6.45) is 0.566. The van der Waals surface area contributed by atoms with Crippen molar-refractivity contribution < 1.29 is 19.1 Å². The zero-order chi connectivity index (χ0) is 23.2. The van der Waals surface area contributed by atoms with Gasteiger partial charge in [0, 0.05) is 25.2 Å². The molecule has 33 heavy (non-hydrogen) atoms. The largest absolute Gasteiger partial charge is 0.497 e. The lowest BCUT2D eigenvalue weighted by Crippen LogP contribution is -2.37. The zero-order valence-corrected chi connectivity index (χ0v) is 18.9. The SMILES string of the molecule is COc1ccc(-c2ccc(C[C@@H]3CN(C(=O)c4cccc(OC)c4)CCNC3=O)cc2)cc1. The molecule has 0 spiro atoms. The maximum Gasteiger partial charge on any atom is 0.254 e. The first kappa shape index (κ1) is 22.4. The molecular formula is C27H28N2O4. The van der Waals surface area contributed by atoms with E-state index < -0.39 is 0 Å². The van der Waals surface area contributed by atoms with Gasteiger partial charge in [0.05, 0.1) is 20.1 Å².